The highest BCUT2D eigenvalue weighted by Crippen LogP contribution is 2.30. The van der Waals surface area contributed by atoms with E-state index >= 15 is 0 Å². The molecule has 0 spiro atoms. The summed E-state index contributed by atoms with van der Waals surface area (Å²) in [7, 11) is 3.28. The molecule has 2 fully saturated rings. The van der Waals surface area contributed by atoms with Gasteiger partial charge in [-0.15, -0.1) is 0 Å². The largest absolute Gasteiger partial charge is 0.394 e. The lowest BCUT2D eigenvalue weighted by Crippen LogP contribution is -2.75. The summed E-state index contributed by atoms with van der Waals surface area (Å²) >= 11 is 0. The maximum absolute atomic E-state index is 10.3. The van der Waals surface area contributed by atoms with E-state index < -0.39 is 74.3 Å². The van der Waals surface area contributed by atoms with E-state index in [0.717, 1.165) is 0 Å². The van der Waals surface area contributed by atoms with Crippen LogP contribution in [0.5, 0.6) is 0 Å². The van der Waals surface area contributed by atoms with Gasteiger partial charge in [-0.3, -0.25) is 0 Å². The molecule has 0 aromatic rings. The second kappa shape index (κ2) is 8.29. The van der Waals surface area contributed by atoms with E-state index in [1.54, 1.807) is 14.1 Å². The Hall–Kier alpha value is -0.440. The fourth-order valence-electron chi connectivity index (χ4n) is 3.70. The van der Waals surface area contributed by atoms with Crippen molar-refractivity contribution in [2.24, 2.45) is 0 Å². The van der Waals surface area contributed by atoms with Gasteiger partial charge in [0, 0.05) is 0 Å². The Morgan fingerprint density at radius 2 is 1.27 bits per heavy atom. The minimum atomic E-state index is -1.60. The van der Waals surface area contributed by atoms with Crippen LogP contribution in [0.2, 0.25) is 0 Å². The van der Waals surface area contributed by atoms with Gasteiger partial charge in [0.15, 0.2) is 6.29 Å². The first-order valence-corrected chi connectivity index (χ1v) is 8.48. The monoisotopic (exact) mass is 384 g/mol. The molecule has 0 amide bonds. The second-order valence-corrected chi connectivity index (χ2v) is 7.45. The summed E-state index contributed by atoms with van der Waals surface area (Å²) in [5, 5.41) is 78.7. The highest BCUT2D eigenvalue weighted by molar-refractivity contribution is 4.93. The summed E-state index contributed by atoms with van der Waals surface area (Å²) in [6.45, 7) is -1.29. The molecule has 11 heteroatoms. The van der Waals surface area contributed by atoms with Gasteiger partial charge in [-0.05, 0) is 0 Å². The van der Waals surface area contributed by atoms with Gasteiger partial charge in [0.25, 0.3) is 0 Å². The number of aliphatic hydroxyl groups is 8. The third-order valence-corrected chi connectivity index (χ3v) is 5.66. The number of piperidine rings is 1. The van der Waals surface area contributed by atoms with Crippen molar-refractivity contribution in [3.05, 3.63) is 0 Å². The maximum atomic E-state index is 10.3. The Morgan fingerprint density at radius 1 is 0.731 bits per heavy atom. The van der Waals surface area contributed by atoms with E-state index in [9.17, 15) is 40.9 Å². The highest BCUT2D eigenvalue weighted by Gasteiger charge is 2.55. The lowest BCUT2D eigenvalue weighted by atomic mass is 9.86. The number of ether oxygens (including phenoxy) is 2. The average Bonchev–Trinajstić information content (AvgIpc) is 2.59. The molecule has 0 aromatic heterocycles. The van der Waals surface area contributed by atoms with Crippen LogP contribution < -0.4 is 0 Å². The summed E-state index contributed by atoms with van der Waals surface area (Å²) in [5.74, 6) is 0. The molecule has 154 valence electrons. The van der Waals surface area contributed by atoms with Crippen molar-refractivity contribution >= 4 is 0 Å². The fourth-order valence-corrected chi connectivity index (χ4v) is 3.70. The fraction of sp³-hybridized carbons (Fsp3) is 1.00. The number of likely N-dealkylation sites (tertiary alicyclic amines) is 1. The molecule has 2 rings (SSSR count). The molecule has 10 atom stereocenters. The summed E-state index contributed by atoms with van der Waals surface area (Å²) in [5.41, 5.74) is 0. The van der Waals surface area contributed by atoms with Crippen LogP contribution in [0.1, 0.15) is 0 Å². The van der Waals surface area contributed by atoms with Gasteiger partial charge in [0.2, 0.25) is 0 Å². The average molecular weight is 384 g/mol. The molecule has 0 bridgehead atoms. The van der Waals surface area contributed by atoms with E-state index in [-0.39, 0.29) is 11.1 Å². The lowest BCUT2D eigenvalue weighted by molar-refractivity contribution is -0.953. The van der Waals surface area contributed by atoms with Crippen LogP contribution >= 0.6 is 0 Å². The van der Waals surface area contributed by atoms with E-state index in [1.807, 2.05) is 0 Å². The number of aliphatic hydroxyl groups excluding tert-OH is 8. The first kappa shape index (κ1) is 21.9. The van der Waals surface area contributed by atoms with Crippen LogP contribution in [-0.2, 0) is 9.47 Å². The van der Waals surface area contributed by atoms with E-state index in [2.05, 4.69) is 0 Å². The zero-order valence-corrected chi connectivity index (χ0v) is 14.7. The number of hydrogen-bond donors (Lipinski definition) is 8. The van der Waals surface area contributed by atoms with E-state index in [4.69, 9.17) is 9.47 Å². The van der Waals surface area contributed by atoms with Gasteiger partial charge in [-0.2, -0.15) is 0 Å². The zero-order chi connectivity index (χ0) is 19.8. The molecule has 2 heterocycles. The van der Waals surface area contributed by atoms with Gasteiger partial charge >= 0.3 is 0 Å². The third kappa shape index (κ3) is 3.75. The Bertz CT molecular complexity index is 464. The minimum absolute atomic E-state index is 0.0761. The SMILES string of the molecule is C[N+]1(C)[C@H](CO[C@@H]2O[C@H](CO)[C@@H](O)[C@H](O)[C@H]2O)[C@H](O)[C@@H](O)[C@H](O)[C@H]1CO. The topological polar surface area (TPSA) is 180 Å². The number of quaternary nitrogens is 1. The van der Waals surface area contributed by atoms with Crippen molar-refractivity contribution in [3.63, 3.8) is 0 Å². The number of rotatable bonds is 5. The van der Waals surface area contributed by atoms with Crippen molar-refractivity contribution in [3.8, 4) is 0 Å². The highest BCUT2D eigenvalue weighted by atomic mass is 16.7. The molecule has 0 saturated carbocycles. The molecular weight excluding hydrogens is 354 g/mol. The standard InChI is InChI=1S/C15H30NO10/c1-16(2)6(3-17)9(19)12(22)10(20)7(16)5-25-15-14(24)13(23)11(21)8(4-18)26-15/h6-15,17-24H,3-5H2,1-2H3/q+1/t6-,7-,8-,9-,10+,11-,12+,13+,14-,15-/m1/s1. The molecule has 11 nitrogen and oxygen atoms in total. The molecule has 26 heavy (non-hydrogen) atoms. The molecule has 0 unspecified atom stereocenters. The van der Waals surface area contributed by atoms with Crippen LogP contribution in [0.4, 0.5) is 0 Å². The van der Waals surface area contributed by atoms with Crippen LogP contribution in [0.15, 0.2) is 0 Å². The predicted molar refractivity (Wildman–Crippen MR) is 84.5 cm³/mol. The van der Waals surface area contributed by atoms with Crippen LogP contribution in [0.25, 0.3) is 0 Å². The smallest absolute Gasteiger partial charge is 0.186 e. The van der Waals surface area contributed by atoms with Crippen molar-refractivity contribution in [2.75, 3.05) is 33.9 Å². The van der Waals surface area contributed by atoms with Crippen molar-refractivity contribution < 1.29 is 54.8 Å². The molecule has 0 aromatic carbocycles. The third-order valence-electron chi connectivity index (χ3n) is 5.66. The van der Waals surface area contributed by atoms with Gasteiger partial charge < -0.3 is 54.8 Å². The summed E-state index contributed by atoms with van der Waals surface area (Å²) in [6.07, 6.45) is -11.4. The summed E-state index contributed by atoms with van der Waals surface area (Å²) in [6, 6.07) is -1.57. The van der Waals surface area contributed by atoms with Gasteiger partial charge in [-0.1, -0.05) is 0 Å². The van der Waals surface area contributed by atoms with Crippen molar-refractivity contribution in [1.29, 1.82) is 0 Å². The van der Waals surface area contributed by atoms with Gasteiger partial charge in [-0.25, -0.2) is 0 Å². The maximum Gasteiger partial charge on any atom is 0.186 e. The predicted octanol–water partition coefficient (Wildman–Crippen LogP) is -5.29. The number of hydrogen-bond acceptors (Lipinski definition) is 10. The molecule has 2 aliphatic rings. The lowest BCUT2D eigenvalue weighted by Gasteiger charge is -2.52. The summed E-state index contributed by atoms with van der Waals surface area (Å²) < 4.78 is 10.6. The Labute approximate surface area is 150 Å². The van der Waals surface area contributed by atoms with Crippen LogP contribution in [-0.4, -0.2) is 140 Å². The normalized spacial score (nSPS) is 49.2. The Kier molecular flexibility index (Phi) is 6.97. The molecule has 2 saturated heterocycles. The van der Waals surface area contributed by atoms with Crippen molar-refractivity contribution in [1.82, 2.24) is 0 Å². The van der Waals surface area contributed by atoms with Crippen LogP contribution in [0, 0.1) is 0 Å². The minimum Gasteiger partial charge on any atom is -0.394 e. The Balaban J connectivity index is 2.11. The molecule has 2 aliphatic heterocycles. The van der Waals surface area contributed by atoms with E-state index in [1.165, 1.54) is 0 Å². The molecular formula is C15H30NO10+. The number of nitrogens with zero attached hydrogens (tertiary/aromatic N) is 1. The summed E-state index contributed by atoms with van der Waals surface area (Å²) in [4.78, 5) is 0. The van der Waals surface area contributed by atoms with E-state index in [0.29, 0.717) is 0 Å². The quantitative estimate of drug-likeness (QED) is 0.213. The van der Waals surface area contributed by atoms with Crippen LogP contribution in [0.3, 0.4) is 0 Å². The van der Waals surface area contributed by atoms with Crippen molar-refractivity contribution in [2.45, 2.75) is 61.1 Å². The number of likely N-dealkylation sites (N-methyl/N-ethyl adjacent to an activating group) is 1. The first-order chi connectivity index (χ1) is 12.1. The molecule has 0 radical (unpaired) electrons. The van der Waals surface area contributed by atoms with Gasteiger partial charge in [0.1, 0.15) is 61.4 Å². The Morgan fingerprint density at radius 3 is 1.81 bits per heavy atom. The first-order valence-electron chi connectivity index (χ1n) is 8.48. The molecule has 0 aliphatic carbocycles. The van der Waals surface area contributed by atoms with Gasteiger partial charge in [0.05, 0.1) is 27.3 Å². The zero-order valence-electron chi connectivity index (χ0n) is 14.7. The molecule has 8 N–H and O–H groups in total. The second-order valence-electron chi connectivity index (χ2n) is 7.45.